The number of fused-ring (bicyclic) bond motifs is 1. The first-order valence-electron chi connectivity index (χ1n) is 6.63. The molecule has 1 unspecified atom stereocenters. The predicted octanol–water partition coefficient (Wildman–Crippen LogP) is 2.94. The molecule has 0 saturated carbocycles. The van der Waals surface area contributed by atoms with Gasteiger partial charge in [0.15, 0.2) is 0 Å². The molecule has 1 aliphatic rings. The van der Waals surface area contributed by atoms with Crippen LogP contribution < -0.4 is 0 Å². The van der Waals surface area contributed by atoms with E-state index < -0.39 is 0 Å². The maximum atomic E-state index is 12.1. The van der Waals surface area contributed by atoms with E-state index in [2.05, 4.69) is 23.8 Å². The van der Waals surface area contributed by atoms with Gasteiger partial charge >= 0.3 is 0 Å². The molecule has 0 spiro atoms. The van der Waals surface area contributed by atoms with Gasteiger partial charge in [0.1, 0.15) is 15.7 Å². The molecule has 2 aromatic rings. The summed E-state index contributed by atoms with van der Waals surface area (Å²) in [6.07, 6.45) is 0.896. The van der Waals surface area contributed by atoms with Gasteiger partial charge in [0, 0.05) is 23.9 Å². The lowest BCUT2D eigenvalue weighted by molar-refractivity contribution is -0.126. The Balaban J connectivity index is 2.05. The first kappa shape index (κ1) is 13.8. The molecule has 0 radical (unpaired) electrons. The second-order valence-electron chi connectivity index (χ2n) is 5.19. The fourth-order valence-electron chi connectivity index (χ4n) is 2.43. The third-order valence-electron chi connectivity index (χ3n) is 3.74. The van der Waals surface area contributed by atoms with Crippen molar-refractivity contribution in [2.45, 2.75) is 37.5 Å². The van der Waals surface area contributed by atoms with E-state index in [0.29, 0.717) is 0 Å². The zero-order valence-corrected chi connectivity index (χ0v) is 13.7. The number of rotatable bonds is 2. The van der Waals surface area contributed by atoms with Gasteiger partial charge < -0.3 is 4.90 Å². The summed E-state index contributed by atoms with van der Waals surface area (Å²) in [5.41, 5.74) is 1.24. The molecular formula is C14H17N3OS2. The van der Waals surface area contributed by atoms with E-state index in [0.717, 1.165) is 34.0 Å². The van der Waals surface area contributed by atoms with E-state index in [9.17, 15) is 4.79 Å². The molecule has 0 N–H and O–H groups in total. The highest BCUT2D eigenvalue weighted by atomic mass is 32.2. The number of hydrogen-bond acceptors (Lipinski definition) is 5. The number of nitrogens with zero attached hydrogens (tertiary/aromatic N) is 3. The third kappa shape index (κ3) is 2.20. The first-order chi connectivity index (χ1) is 9.47. The molecule has 1 atom stereocenters. The van der Waals surface area contributed by atoms with E-state index in [1.165, 1.54) is 10.4 Å². The number of likely N-dealkylation sites (tertiary alicyclic amines) is 1. The molecule has 1 aliphatic heterocycles. The van der Waals surface area contributed by atoms with Crippen LogP contribution in [0.5, 0.6) is 0 Å². The minimum Gasteiger partial charge on any atom is -0.345 e. The van der Waals surface area contributed by atoms with E-state index >= 15 is 0 Å². The zero-order valence-electron chi connectivity index (χ0n) is 12.1. The monoisotopic (exact) mass is 307 g/mol. The maximum absolute atomic E-state index is 12.1. The molecule has 0 aliphatic carbocycles. The molecular weight excluding hydrogens is 290 g/mol. The van der Waals surface area contributed by atoms with Gasteiger partial charge in [0.05, 0.1) is 5.25 Å². The standard InChI is InChI=1S/C14H17N3OS2/c1-7-8(2)19-12-11(7)13(16-9(3)15-12)20-10-5-6-17(4)14(10)18/h10H,5-6H2,1-4H3. The smallest absolute Gasteiger partial charge is 0.235 e. The van der Waals surface area contributed by atoms with Crippen molar-refractivity contribution in [1.29, 1.82) is 0 Å². The van der Waals surface area contributed by atoms with E-state index in [1.807, 2.05) is 14.0 Å². The normalized spacial score (nSPS) is 19.3. The highest BCUT2D eigenvalue weighted by Crippen LogP contribution is 2.38. The molecule has 3 rings (SSSR count). The molecule has 106 valence electrons. The summed E-state index contributed by atoms with van der Waals surface area (Å²) < 4.78 is 0. The van der Waals surface area contributed by atoms with Crippen LogP contribution >= 0.6 is 23.1 Å². The minimum atomic E-state index is -0.00268. The average molecular weight is 307 g/mol. The average Bonchev–Trinajstić information content (AvgIpc) is 2.84. The molecule has 1 amide bonds. The molecule has 6 heteroatoms. The van der Waals surface area contributed by atoms with Gasteiger partial charge in [-0.25, -0.2) is 9.97 Å². The molecule has 20 heavy (non-hydrogen) atoms. The van der Waals surface area contributed by atoms with Crippen molar-refractivity contribution in [1.82, 2.24) is 14.9 Å². The van der Waals surface area contributed by atoms with Crippen molar-refractivity contribution in [3.63, 3.8) is 0 Å². The Hall–Kier alpha value is -1.14. The van der Waals surface area contributed by atoms with Crippen molar-refractivity contribution in [3.05, 3.63) is 16.3 Å². The summed E-state index contributed by atoms with van der Waals surface area (Å²) in [4.78, 5) is 25.3. The number of aryl methyl sites for hydroxylation is 3. The quantitative estimate of drug-likeness (QED) is 0.800. The van der Waals surface area contributed by atoms with Crippen molar-refractivity contribution in [2.75, 3.05) is 13.6 Å². The van der Waals surface area contributed by atoms with Crippen LogP contribution in [0.3, 0.4) is 0 Å². The number of thiophene rings is 1. The van der Waals surface area contributed by atoms with E-state index in [4.69, 9.17) is 0 Å². The van der Waals surface area contributed by atoms with Crippen LogP contribution in [0, 0.1) is 20.8 Å². The SMILES string of the molecule is Cc1nc(SC2CCN(C)C2=O)c2c(C)c(C)sc2n1. The summed E-state index contributed by atoms with van der Waals surface area (Å²) >= 11 is 3.31. The fourth-order valence-corrected chi connectivity index (χ4v) is 4.90. The highest BCUT2D eigenvalue weighted by Gasteiger charge is 2.31. The maximum Gasteiger partial charge on any atom is 0.235 e. The van der Waals surface area contributed by atoms with Gasteiger partial charge in [-0.1, -0.05) is 11.8 Å². The largest absolute Gasteiger partial charge is 0.345 e. The Kier molecular flexibility index (Phi) is 3.46. The van der Waals surface area contributed by atoms with Gasteiger partial charge in [0.2, 0.25) is 5.91 Å². The second-order valence-corrected chi connectivity index (χ2v) is 7.59. The van der Waals surface area contributed by atoms with Crippen molar-refractivity contribution in [2.24, 2.45) is 0 Å². The van der Waals surface area contributed by atoms with Gasteiger partial charge in [-0.2, -0.15) is 0 Å². The Morgan fingerprint density at radius 1 is 1.30 bits per heavy atom. The second kappa shape index (κ2) is 5.00. The number of carbonyl (C=O) groups is 1. The van der Waals surface area contributed by atoms with Crippen LogP contribution in [-0.4, -0.2) is 39.6 Å². The molecule has 1 fully saturated rings. The molecule has 2 aromatic heterocycles. The Morgan fingerprint density at radius 2 is 2.05 bits per heavy atom. The van der Waals surface area contributed by atoms with Crippen molar-refractivity contribution < 1.29 is 4.79 Å². The third-order valence-corrected chi connectivity index (χ3v) is 6.08. The molecule has 3 heterocycles. The van der Waals surface area contributed by atoms with Crippen LogP contribution in [0.4, 0.5) is 0 Å². The fraction of sp³-hybridized carbons (Fsp3) is 0.500. The highest BCUT2D eigenvalue weighted by molar-refractivity contribution is 8.00. The lowest BCUT2D eigenvalue weighted by Gasteiger charge is -2.11. The van der Waals surface area contributed by atoms with Gasteiger partial charge in [-0.15, -0.1) is 11.3 Å². The molecule has 1 saturated heterocycles. The van der Waals surface area contributed by atoms with Crippen molar-refractivity contribution >= 4 is 39.2 Å². The van der Waals surface area contributed by atoms with Crippen LogP contribution in [0.15, 0.2) is 5.03 Å². The summed E-state index contributed by atoms with van der Waals surface area (Å²) in [5.74, 6) is 0.990. The Morgan fingerprint density at radius 3 is 2.70 bits per heavy atom. The summed E-state index contributed by atoms with van der Waals surface area (Å²) in [5, 5.41) is 2.09. The molecule has 0 bridgehead atoms. The Labute approximate surface area is 126 Å². The van der Waals surface area contributed by atoms with E-state index in [-0.39, 0.29) is 11.2 Å². The number of aromatic nitrogens is 2. The van der Waals surface area contributed by atoms with Gasteiger partial charge in [-0.05, 0) is 32.8 Å². The van der Waals surface area contributed by atoms with Crippen LogP contribution in [0.25, 0.3) is 10.2 Å². The zero-order chi connectivity index (χ0) is 14.4. The van der Waals surface area contributed by atoms with E-state index in [1.54, 1.807) is 28.0 Å². The lowest BCUT2D eigenvalue weighted by Crippen LogP contribution is -2.23. The summed E-state index contributed by atoms with van der Waals surface area (Å²) in [6.45, 7) is 6.97. The van der Waals surface area contributed by atoms with Crippen LogP contribution in [0.2, 0.25) is 0 Å². The molecule has 0 aromatic carbocycles. The van der Waals surface area contributed by atoms with Crippen LogP contribution in [-0.2, 0) is 4.79 Å². The van der Waals surface area contributed by atoms with Crippen LogP contribution in [0.1, 0.15) is 22.7 Å². The topological polar surface area (TPSA) is 46.1 Å². The van der Waals surface area contributed by atoms with Gasteiger partial charge in [0.25, 0.3) is 0 Å². The number of hydrogen-bond donors (Lipinski definition) is 0. The Bertz CT molecular complexity index is 695. The summed E-state index contributed by atoms with van der Waals surface area (Å²) in [6, 6.07) is 0. The molecule has 4 nitrogen and oxygen atoms in total. The summed E-state index contributed by atoms with van der Waals surface area (Å²) in [7, 11) is 1.86. The predicted molar refractivity (Wildman–Crippen MR) is 83.5 cm³/mol. The first-order valence-corrected chi connectivity index (χ1v) is 8.33. The van der Waals surface area contributed by atoms with Gasteiger partial charge in [-0.3, -0.25) is 4.79 Å². The number of thioether (sulfide) groups is 1. The minimum absolute atomic E-state index is 0.00268. The number of amides is 1. The van der Waals surface area contributed by atoms with Crippen molar-refractivity contribution in [3.8, 4) is 0 Å². The lowest BCUT2D eigenvalue weighted by atomic mass is 10.2. The number of carbonyl (C=O) groups excluding carboxylic acids is 1.